The smallest absolute Gasteiger partial charge is 0.118 e. The Bertz CT molecular complexity index is 345. The van der Waals surface area contributed by atoms with Gasteiger partial charge in [-0.15, -0.1) is 0 Å². The SMILES string of the molecule is CCCCCCCCC(C)CCCc1ccccc1O. The fourth-order valence-electron chi connectivity index (χ4n) is 2.78. The highest BCUT2D eigenvalue weighted by Gasteiger charge is 2.04. The van der Waals surface area contributed by atoms with Crippen LogP contribution in [0.25, 0.3) is 0 Å². The summed E-state index contributed by atoms with van der Waals surface area (Å²) in [6.07, 6.45) is 13.2. The Morgan fingerprint density at radius 2 is 1.55 bits per heavy atom. The van der Waals surface area contributed by atoms with Crippen LogP contribution in [0.1, 0.15) is 77.2 Å². The average Bonchev–Trinajstić information content (AvgIpc) is 2.45. The van der Waals surface area contributed by atoms with E-state index in [1.54, 1.807) is 6.07 Å². The standard InChI is InChI=1S/C19H32O/c1-3-4-5-6-7-8-12-17(2)13-11-15-18-14-9-10-16-19(18)20/h9-10,14,16-17,20H,3-8,11-13,15H2,1-2H3. The first-order valence-corrected chi connectivity index (χ1v) is 8.51. The van der Waals surface area contributed by atoms with E-state index in [1.165, 1.54) is 57.8 Å². The molecule has 0 fully saturated rings. The Hall–Kier alpha value is -0.980. The number of phenolic OH excluding ortho intramolecular Hbond substituents is 1. The van der Waals surface area contributed by atoms with Crippen molar-refractivity contribution in [3.05, 3.63) is 29.8 Å². The minimum Gasteiger partial charge on any atom is -0.508 e. The first kappa shape index (κ1) is 17.1. The topological polar surface area (TPSA) is 20.2 Å². The normalized spacial score (nSPS) is 12.5. The number of hydrogen-bond donors (Lipinski definition) is 1. The highest BCUT2D eigenvalue weighted by molar-refractivity contribution is 5.31. The van der Waals surface area contributed by atoms with Crippen molar-refractivity contribution in [1.29, 1.82) is 0 Å². The first-order chi connectivity index (χ1) is 9.74. The molecule has 0 aliphatic heterocycles. The Morgan fingerprint density at radius 3 is 2.30 bits per heavy atom. The van der Waals surface area contributed by atoms with Gasteiger partial charge in [-0.3, -0.25) is 0 Å². The molecule has 1 heteroatoms. The van der Waals surface area contributed by atoms with Gasteiger partial charge in [0.15, 0.2) is 0 Å². The number of rotatable bonds is 11. The summed E-state index contributed by atoms with van der Waals surface area (Å²) >= 11 is 0. The zero-order valence-electron chi connectivity index (χ0n) is 13.4. The summed E-state index contributed by atoms with van der Waals surface area (Å²) in [5.74, 6) is 1.28. The van der Waals surface area contributed by atoms with Gasteiger partial charge in [-0.1, -0.05) is 83.4 Å². The molecule has 0 aliphatic rings. The maximum absolute atomic E-state index is 9.72. The second-order valence-corrected chi connectivity index (χ2v) is 6.18. The van der Waals surface area contributed by atoms with Gasteiger partial charge >= 0.3 is 0 Å². The highest BCUT2D eigenvalue weighted by atomic mass is 16.3. The molecule has 0 saturated carbocycles. The average molecular weight is 276 g/mol. The molecule has 1 aromatic carbocycles. The van der Waals surface area contributed by atoms with Crippen molar-refractivity contribution in [3.8, 4) is 5.75 Å². The van der Waals surface area contributed by atoms with E-state index in [2.05, 4.69) is 13.8 Å². The van der Waals surface area contributed by atoms with E-state index in [4.69, 9.17) is 0 Å². The largest absolute Gasteiger partial charge is 0.508 e. The van der Waals surface area contributed by atoms with Gasteiger partial charge in [-0.2, -0.15) is 0 Å². The number of aryl methyl sites for hydroxylation is 1. The summed E-state index contributed by atoms with van der Waals surface area (Å²) in [6.45, 7) is 4.64. The lowest BCUT2D eigenvalue weighted by Crippen LogP contribution is -1.97. The van der Waals surface area contributed by atoms with Gasteiger partial charge in [0.25, 0.3) is 0 Å². The summed E-state index contributed by atoms with van der Waals surface area (Å²) in [6, 6.07) is 7.72. The van der Waals surface area contributed by atoms with Gasteiger partial charge in [0.1, 0.15) is 5.75 Å². The van der Waals surface area contributed by atoms with Crippen LogP contribution in [-0.4, -0.2) is 5.11 Å². The van der Waals surface area contributed by atoms with E-state index >= 15 is 0 Å². The molecule has 0 saturated heterocycles. The third-order valence-electron chi connectivity index (χ3n) is 4.19. The van der Waals surface area contributed by atoms with E-state index < -0.39 is 0 Å². The highest BCUT2D eigenvalue weighted by Crippen LogP contribution is 2.21. The summed E-state index contributed by atoms with van der Waals surface area (Å²) in [7, 11) is 0. The zero-order chi connectivity index (χ0) is 14.6. The second kappa shape index (κ2) is 10.8. The summed E-state index contributed by atoms with van der Waals surface area (Å²) in [4.78, 5) is 0. The maximum Gasteiger partial charge on any atom is 0.118 e. The molecule has 0 radical (unpaired) electrons. The number of hydrogen-bond acceptors (Lipinski definition) is 1. The van der Waals surface area contributed by atoms with Crippen LogP contribution in [-0.2, 0) is 6.42 Å². The fraction of sp³-hybridized carbons (Fsp3) is 0.684. The van der Waals surface area contributed by atoms with Crippen LogP contribution in [0.3, 0.4) is 0 Å². The fourth-order valence-corrected chi connectivity index (χ4v) is 2.78. The number of para-hydroxylation sites is 1. The molecule has 0 aromatic heterocycles. The lowest BCUT2D eigenvalue weighted by Gasteiger charge is -2.11. The molecule has 20 heavy (non-hydrogen) atoms. The van der Waals surface area contributed by atoms with Gasteiger partial charge in [-0.25, -0.2) is 0 Å². The van der Waals surface area contributed by atoms with Crippen molar-refractivity contribution in [2.24, 2.45) is 5.92 Å². The van der Waals surface area contributed by atoms with Gasteiger partial charge in [0.05, 0.1) is 0 Å². The van der Waals surface area contributed by atoms with Crippen molar-refractivity contribution < 1.29 is 5.11 Å². The van der Waals surface area contributed by atoms with E-state index in [1.807, 2.05) is 18.2 Å². The predicted molar refractivity (Wildman–Crippen MR) is 88.2 cm³/mol. The molecular weight excluding hydrogens is 244 g/mol. The molecule has 0 spiro atoms. The molecule has 1 nitrogen and oxygen atoms in total. The van der Waals surface area contributed by atoms with E-state index in [0.29, 0.717) is 5.75 Å². The van der Waals surface area contributed by atoms with Crippen LogP contribution in [0.2, 0.25) is 0 Å². The van der Waals surface area contributed by atoms with E-state index in [9.17, 15) is 5.11 Å². The van der Waals surface area contributed by atoms with Crippen molar-refractivity contribution in [3.63, 3.8) is 0 Å². The minimum absolute atomic E-state index is 0.455. The van der Waals surface area contributed by atoms with Crippen LogP contribution in [0.4, 0.5) is 0 Å². The molecule has 1 aromatic rings. The van der Waals surface area contributed by atoms with Gasteiger partial charge in [0, 0.05) is 0 Å². The molecule has 1 rings (SSSR count). The monoisotopic (exact) mass is 276 g/mol. The van der Waals surface area contributed by atoms with Gasteiger partial charge < -0.3 is 5.11 Å². The number of benzene rings is 1. The summed E-state index contributed by atoms with van der Waals surface area (Å²) in [5, 5.41) is 9.72. The first-order valence-electron chi connectivity index (χ1n) is 8.51. The molecule has 1 N–H and O–H groups in total. The van der Waals surface area contributed by atoms with E-state index in [0.717, 1.165) is 17.9 Å². The Balaban J connectivity index is 2.03. The van der Waals surface area contributed by atoms with Crippen LogP contribution >= 0.6 is 0 Å². The molecule has 0 bridgehead atoms. The van der Waals surface area contributed by atoms with Crippen LogP contribution in [0.15, 0.2) is 24.3 Å². The van der Waals surface area contributed by atoms with Crippen molar-refractivity contribution >= 4 is 0 Å². The maximum atomic E-state index is 9.72. The van der Waals surface area contributed by atoms with Crippen molar-refractivity contribution in [2.75, 3.05) is 0 Å². The molecule has 0 amide bonds. The van der Waals surface area contributed by atoms with Crippen LogP contribution < -0.4 is 0 Å². The molecule has 1 unspecified atom stereocenters. The zero-order valence-corrected chi connectivity index (χ0v) is 13.4. The lowest BCUT2D eigenvalue weighted by atomic mass is 9.95. The molecule has 0 heterocycles. The van der Waals surface area contributed by atoms with E-state index in [-0.39, 0.29) is 0 Å². The number of unbranched alkanes of at least 4 members (excludes halogenated alkanes) is 5. The van der Waals surface area contributed by atoms with Gasteiger partial charge in [0.2, 0.25) is 0 Å². The quantitative estimate of drug-likeness (QED) is 0.484. The van der Waals surface area contributed by atoms with Crippen LogP contribution in [0.5, 0.6) is 5.75 Å². The minimum atomic E-state index is 0.455. The predicted octanol–water partition coefficient (Wildman–Crippen LogP) is 6.10. The number of aromatic hydroxyl groups is 1. The van der Waals surface area contributed by atoms with Crippen LogP contribution in [0, 0.1) is 5.92 Å². The Labute approximate surface area is 125 Å². The Kier molecular flexibility index (Phi) is 9.19. The molecular formula is C19H32O. The van der Waals surface area contributed by atoms with Crippen molar-refractivity contribution in [2.45, 2.75) is 78.1 Å². The van der Waals surface area contributed by atoms with Crippen molar-refractivity contribution in [1.82, 2.24) is 0 Å². The molecule has 0 aliphatic carbocycles. The number of phenols is 1. The third-order valence-corrected chi connectivity index (χ3v) is 4.19. The molecule has 114 valence electrons. The third kappa shape index (κ3) is 7.57. The lowest BCUT2D eigenvalue weighted by molar-refractivity contribution is 0.437. The Morgan fingerprint density at radius 1 is 0.900 bits per heavy atom. The molecule has 1 atom stereocenters. The summed E-state index contributed by atoms with van der Waals surface area (Å²) < 4.78 is 0. The second-order valence-electron chi connectivity index (χ2n) is 6.18. The summed E-state index contributed by atoms with van der Waals surface area (Å²) in [5.41, 5.74) is 1.10. The van der Waals surface area contributed by atoms with Gasteiger partial charge in [-0.05, 0) is 30.4 Å².